The minimum Gasteiger partial charge on any atom is -0.507 e. The van der Waals surface area contributed by atoms with E-state index in [0.717, 1.165) is 83.6 Å². The molecule has 60 heavy (non-hydrogen) atoms. The van der Waals surface area contributed by atoms with Crippen LogP contribution in [0.15, 0.2) is 164 Å². The average Bonchev–Trinajstić information content (AvgIpc) is 3.65. The molecule has 9 rings (SSSR count). The fourth-order valence-electron chi connectivity index (χ4n) is 8.01. The maximum Gasteiger partial charge on any atom is 0.148 e. The van der Waals surface area contributed by atoms with Gasteiger partial charge in [-0.3, -0.25) is 9.55 Å². The van der Waals surface area contributed by atoms with Crippen LogP contribution in [0.1, 0.15) is 43.0 Å². The third-order valence-corrected chi connectivity index (χ3v) is 11.2. The van der Waals surface area contributed by atoms with Gasteiger partial charge in [-0.1, -0.05) is 158 Å². The minimum atomic E-state index is -0.128. The summed E-state index contributed by atoms with van der Waals surface area (Å²) < 4.78 is 2.23. The predicted octanol–water partition coefficient (Wildman–Crippen LogP) is 14.1. The quantitative estimate of drug-likeness (QED) is 0.162. The molecular weight excluding hydrogens is 914 g/mol. The number of nitrogens with zero attached hydrogens (tertiary/aromatic N) is 3. The molecule has 0 unspecified atom stereocenters. The Labute approximate surface area is 367 Å². The van der Waals surface area contributed by atoms with Crippen molar-refractivity contribution in [2.24, 2.45) is 0 Å². The molecule has 0 spiro atoms. The number of imidazole rings is 1. The predicted molar refractivity (Wildman–Crippen MR) is 245 cm³/mol. The number of phenolic OH excluding ortho intramolecular Hbond substituents is 1. The summed E-state index contributed by atoms with van der Waals surface area (Å²) in [4.78, 5) is 10.4. The van der Waals surface area contributed by atoms with Crippen molar-refractivity contribution in [1.29, 1.82) is 0 Å². The maximum absolute atomic E-state index is 11.8. The number of aryl methyl sites for hydroxylation is 3. The first-order valence-electron chi connectivity index (χ1n) is 20.2. The molecule has 9 aromatic rings. The van der Waals surface area contributed by atoms with E-state index in [1.807, 2.05) is 31.3 Å². The van der Waals surface area contributed by atoms with E-state index in [9.17, 15) is 5.11 Å². The number of para-hydroxylation sites is 1. The molecule has 0 fully saturated rings. The monoisotopic (exact) mass is 959 g/mol. The first kappa shape index (κ1) is 40.4. The zero-order valence-corrected chi connectivity index (χ0v) is 37.0. The van der Waals surface area contributed by atoms with Gasteiger partial charge >= 0.3 is 0 Å². The zero-order chi connectivity index (χ0) is 40.8. The normalized spacial score (nSPS) is 11.4. The summed E-state index contributed by atoms with van der Waals surface area (Å²) in [5.41, 5.74) is 17.8. The summed E-state index contributed by atoms with van der Waals surface area (Å²) >= 11 is 0. The smallest absolute Gasteiger partial charge is 0.148 e. The van der Waals surface area contributed by atoms with Gasteiger partial charge in [0.1, 0.15) is 11.6 Å². The van der Waals surface area contributed by atoms with Crippen LogP contribution >= 0.6 is 0 Å². The average molecular weight is 960 g/mol. The Morgan fingerprint density at radius 3 is 1.88 bits per heavy atom. The molecule has 2 aromatic heterocycles. The van der Waals surface area contributed by atoms with E-state index in [4.69, 9.17) is 9.97 Å². The molecule has 2 heterocycles. The Kier molecular flexibility index (Phi) is 11.0. The van der Waals surface area contributed by atoms with Crippen LogP contribution in [0.2, 0.25) is 0 Å². The fraction of sp³-hybridized carbons (Fsp3) is 0.127. The van der Waals surface area contributed by atoms with E-state index in [1.165, 1.54) is 11.1 Å². The van der Waals surface area contributed by atoms with Gasteiger partial charge in [-0.15, -0.1) is 23.8 Å². The van der Waals surface area contributed by atoms with Crippen LogP contribution in [-0.4, -0.2) is 19.6 Å². The zero-order valence-electron chi connectivity index (χ0n) is 34.7. The molecule has 4 nitrogen and oxygen atoms in total. The number of aromatic hydroxyl groups is 1. The van der Waals surface area contributed by atoms with Crippen LogP contribution in [0.5, 0.6) is 5.75 Å². The minimum absolute atomic E-state index is 0. The van der Waals surface area contributed by atoms with Crippen LogP contribution in [-0.2, 0) is 26.5 Å². The van der Waals surface area contributed by atoms with Gasteiger partial charge in [0.25, 0.3) is 0 Å². The number of pyridine rings is 1. The Morgan fingerprint density at radius 2 is 1.20 bits per heavy atom. The second kappa shape index (κ2) is 16.4. The van der Waals surface area contributed by atoms with Gasteiger partial charge in [-0.25, -0.2) is 4.98 Å². The first-order valence-corrected chi connectivity index (χ1v) is 20.2. The van der Waals surface area contributed by atoms with Gasteiger partial charge in [0, 0.05) is 38.6 Å². The van der Waals surface area contributed by atoms with Crippen LogP contribution in [0.4, 0.5) is 0 Å². The molecule has 1 N–H and O–H groups in total. The Balaban J connectivity index is 0.00000499. The van der Waals surface area contributed by atoms with Gasteiger partial charge in [0.2, 0.25) is 0 Å². The van der Waals surface area contributed by atoms with Crippen molar-refractivity contribution >= 4 is 11.0 Å². The topological polar surface area (TPSA) is 50.9 Å². The van der Waals surface area contributed by atoms with Gasteiger partial charge in [-0.05, 0) is 101 Å². The summed E-state index contributed by atoms with van der Waals surface area (Å²) in [7, 11) is 0. The summed E-state index contributed by atoms with van der Waals surface area (Å²) in [5, 5.41) is 11.8. The van der Waals surface area contributed by atoms with Crippen LogP contribution in [0.3, 0.4) is 0 Å². The maximum atomic E-state index is 11.8. The van der Waals surface area contributed by atoms with Crippen LogP contribution in [0, 0.1) is 26.8 Å². The summed E-state index contributed by atoms with van der Waals surface area (Å²) in [6.45, 7) is 12.9. The first-order chi connectivity index (χ1) is 28.5. The largest absolute Gasteiger partial charge is 0.507 e. The van der Waals surface area contributed by atoms with E-state index >= 15 is 0 Å². The van der Waals surface area contributed by atoms with Crippen molar-refractivity contribution in [1.82, 2.24) is 14.5 Å². The summed E-state index contributed by atoms with van der Waals surface area (Å²) in [6, 6.07) is 59.2. The van der Waals surface area contributed by atoms with Gasteiger partial charge in [0.15, 0.2) is 0 Å². The van der Waals surface area contributed by atoms with Crippen LogP contribution < -0.4 is 0 Å². The summed E-state index contributed by atoms with van der Waals surface area (Å²) in [6.07, 6.45) is 1.88. The third kappa shape index (κ3) is 7.88. The molecule has 0 aliphatic rings. The van der Waals surface area contributed by atoms with Crippen molar-refractivity contribution in [3.63, 3.8) is 0 Å². The Hall–Kier alpha value is -6.35. The second-order valence-electron chi connectivity index (χ2n) is 16.7. The molecule has 0 saturated carbocycles. The van der Waals surface area contributed by atoms with E-state index in [2.05, 4.69) is 185 Å². The number of rotatable bonds is 7. The van der Waals surface area contributed by atoms with Crippen molar-refractivity contribution < 1.29 is 26.2 Å². The molecule has 7 aromatic carbocycles. The molecule has 298 valence electrons. The van der Waals surface area contributed by atoms with Gasteiger partial charge in [0.05, 0.1) is 16.6 Å². The Bertz CT molecular complexity index is 3000. The molecule has 0 atom stereocenters. The van der Waals surface area contributed by atoms with E-state index < -0.39 is 0 Å². The van der Waals surface area contributed by atoms with Crippen molar-refractivity contribution in [3.05, 3.63) is 192 Å². The Morgan fingerprint density at radius 1 is 0.550 bits per heavy atom. The summed E-state index contributed by atoms with van der Waals surface area (Å²) in [5.74, 6) is 0.900. The van der Waals surface area contributed by atoms with Gasteiger partial charge in [-0.2, -0.15) is 0 Å². The molecule has 0 bridgehead atoms. The fourth-order valence-corrected chi connectivity index (χ4v) is 8.01. The molecular formula is C55H46N3OPt-. The molecule has 0 aliphatic heterocycles. The molecule has 0 aliphatic carbocycles. The van der Waals surface area contributed by atoms with Crippen molar-refractivity contribution in [2.75, 3.05) is 0 Å². The van der Waals surface area contributed by atoms with Crippen molar-refractivity contribution in [3.8, 4) is 78.6 Å². The van der Waals surface area contributed by atoms with E-state index in [1.54, 1.807) is 0 Å². The number of fused-ring (bicyclic) bond motifs is 1. The SMILES string of the molecule is Cc1ccc(-c2ccnc(-c3[c-]c(-c4cccc5c4nc(-c4cc(C)cc(C)c4O)n5-c4cc(-c5ccccc5)cc(C(C)(C)C)c4)cc(-c4ccccc4)c3)c2)cc1.[Pt]. The number of phenols is 1. The van der Waals surface area contributed by atoms with E-state index in [-0.39, 0.29) is 32.2 Å². The number of aromatic nitrogens is 3. The van der Waals surface area contributed by atoms with Crippen LogP contribution in [0.25, 0.3) is 83.9 Å². The third-order valence-electron chi connectivity index (χ3n) is 11.2. The molecule has 0 amide bonds. The van der Waals surface area contributed by atoms with E-state index in [0.29, 0.717) is 11.4 Å². The second-order valence-corrected chi connectivity index (χ2v) is 16.7. The number of hydrogen-bond donors (Lipinski definition) is 1. The standard InChI is InChI=1S/C55H46N3O.Pt/c1-35-20-22-40(23-21-35)41-24-25-56-50(33-41)45-29-42(38-14-9-7-10-15-38)28-44(30-45)48-18-13-19-51-52(48)57-54(49-27-36(2)26-37(3)53(49)59)58(51)47-32-43(39-16-11-8-12-17-39)31-46(34-47)55(4,5)6;/h7-29,31-34,59H,1-6H3;/q-1;. The molecule has 0 saturated heterocycles. The molecule has 0 radical (unpaired) electrons. The molecule has 5 heteroatoms. The van der Waals surface area contributed by atoms with Crippen molar-refractivity contribution in [2.45, 2.75) is 47.0 Å². The number of hydrogen-bond acceptors (Lipinski definition) is 3. The van der Waals surface area contributed by atoms with Gasteiger partial charge < -0.3 is 5.11 Å². The number of benzene rings is 7.